The van der Waals surface area contributed by atoms with E-state index in [1.54, 1.807) is 0 Å². The van der Waals surface area contributed by atoms with Gasteiger partial charge in [-0.2, -0.15) is 0 Å². The lowest BCUT2D eigenvalue weighted by molar-refractivity contribution is 0.500. The van der Waals surface area contributed by atoms with Crippen LogP contribution in [0.4, 0.5) is 4.39 Å². The molecule has 1 aromatic rings. The van der Waals surface area contributed by atoms with E-state index in [0.29, 0.717) is 6.04 Å². The first kappa shape index (κ1) is 10.6. The minimum Gasteiger partial charge on any atom is -0.314 e. The van der Waals surface area contributed by atoms with Crippen molar-refractivity contribution in [3.8, 4) is 0 Å². The Labute approximate surface area is 90.7 Å². The van der Waals surface area contributed by atoms with Gasteiger partial charge in [-0.3, -0.25) is 0 Å². The average molecular weight is 207 g/mol. The Kier molecular flexibility index (Phi) is 3.37. The van der Waals surface area contributed by atoms with Gasteiger partial charge in [0.05, 0.1) is 0 Å². The van der Waals surface area contributed by atoms with E-state index in [4.69, 9.17) is 0 Å². The number of hydrogen-bond donors (Lipinski definition) is 1. The van der Waals surface area contributed by atoms with E-state index >= 15 is 0 Å². The molecule has 82 valence electrons. The van der Waals surface area contributed by atoms with Gasteiger partial charge in [-0.15, -0.1) is 0 Å². The zero-order valence-corrected chi connectivity index (χ0v) is 9.17. The van der Waals surface area contributed by atoms with Crippen molar-refractivity contribution in [2.24, 2.45) is 5.92 Å². The molecule has 1 N–H and O–H groups in total. The van der Waals surface area contributed by atoms with Crippen LogP contribution in [0, 0.1) is 11.7 Å². The van der Waals surface area contributed by atoms with Crippen molar-refractivity contribution in [2.75, 3.05) is 6.54 Å². The molecule has 0 spiro atoms. The summed E-state index contributed by atoms with van der Waals surface area (Å²) >= 11 is 0. The quantitative estimate of drug-likeness (QED) is 0.783. The third-order valence-electron chi connectivity index (χ3n) is 3.12. The predicted molar refractivity (Wildman–Crippen MR) is 60.3 cm³/mol. The van der Waals surface area contributed by atoms with Crippen LogP contribution in [-0.2, 0) is 6.42 Å². The van der Waals surface area contributed by atoms with E-state index in [0.717, 1.165) is 18.9 Å². The van der Waals surface area contributed by atoms with E-state index in [9.17, 15) is 4.39 Å². The standard InChI is InChI=1S/C13H18FN/c1-10(12-4-5-12)15-9-8-11-2-6-13(14)7-3-11/h2-3,6-7,10,12,15H,4-5,8-9H2,1H3/t10-/m0/s1. The molecule has 1 atom stereocenters. The molecule has 0 aliphatic heterocycles. The van der Waals surface area contributed by atoms with Crippen molar-refractivity contribution < 1.29 is 4.39 Å². The summed E-state index contributed by atoms with van der Waals surface area (Å²) < 4.78 is 12.6. The van der Waals surface area contributed by atoms with E-state index < -0.39 is 0 Å². The van der Waals surface area contributed by atoms with Crippen molar-refractivity contribution in [1.29, 1.82) is 0 Å². The monoisotopic (exact) mass is 207 g/mol. The van der Waals surface area contributed by atoms with Crippen molar-refractivity contribution in [2.45, 2.75) is 32.2 Å². The molecule has 1 aromatic carbocycles. The van der Waals surface area contributed by atoms with Gasteiger partial charge in [-0.25, -0.2) is 4.39 Å². The smallest absolute Gasteiger partial charge is 0.123 e. The number of benzene rings is 1. The van der Waals surface area contributed by atoms with Crippen molar-refractivity contribution >= 4 is 0 Å². The molecule has 0 bridgehead atoms. The second-order valence-corrected chi connectivity index (χ2v) is 4.46. The molecule has 1 aliphatic rings. The molecule has 2 heteroatoms. The third kappa shape index (κ3) is 3.31. The maximum absolute atomic E-state index is 12.6. The van der Waals surface area contributed by atoms with Gasteiger partial charge >= 0.3 is 0 Å². The highest BCUT2D eigenvalue weighted by atomic mass is 19.1. The SMILES string of the molecule is C[C@H](NCCc1ccc(F)cc1)C1CC1. The van der Waals surface area contributed by atoms with E-state index in [1.807, 2.05) is 12.1 Å². The molecule has 0 amide bonds. The van der Waals surface area contributed by atoms with Gasteiger partial charge in [0.1, 0.15) is 5.82 Å². The molecule has 15 heavy (non-hydrogen) atoms. The maximum Gasteiger partial charge on any atom is 0.123 e. The molecule has 0 heterocycles. The Hall–Kier alpha value is -0.890. The summed E-state index contributed by atoms with van der Waals surface area (Å²) in [5.41, 5.74) is 1.20. The van der Waals surface area contributed by atoms with Gasteiger partial charge in [-0.1, -0.05) is 12.1 Å². The largest absolute Gasteiger partial charge is 0.314 e. The topological polar surface area (TPSA) is 12.0 Å². The Morgan fingerprint density at radius 3 is 2.60 bits per heavy atom. The molecule has 0 radical (unpaired) electrons. The molecular formula is C13H18FN. The molecule has 0 unspecified atom stereocenters. The number of halogens is 1. The van der Waals surface area contributed by atoms with Gasteiger partial charge in [0.25, 0.3) is 0 Å². The van der Waals surface area contributed by atoms with Crippen molar-refractivity contribution in [3.05, 3.63) is 35.6 Å². The average Bonchev–Trinajstić information content (AvgIpc) is 3.04. The Bertz CT molecular complexity index is 303. The van der Waals surface area contributed by atoms with Gasteiger partial charge in [0, 0.05) is 6.04 Å². The van der Waals surface area contributed by atoms with Crippen LogP contribution < -0.4 is 5.32 Å². The van der Waals surface area contributed by atoms with Crippen LogP contribution in [0.15, 0.2) is 24.3 Å². The minimum absolute atomic E-state index is 0.155. The highest BCUT2D eigenvalue weighted by Crippen LogP contribution is 2.32. The van der Waals surface area contributed by atoms with E-state index in [1.165, 1.54) is 30.5 Å². The minimum atomic E-state index is -0.155. The third-order valence-corrected chi connectivity index (χ3v) is 3.12. The van der Waals surface area contributed by atoms with E-state index in [-0.39, 0.29) is 5.82 Å². The van der Waals surface area contributed by atoms with Crippen LogP contribution in [0.25, 0.3) is 0 Å². The van der Waals surface area contributed by atoms with Crippen LogP contribution >= 0.6 is 0 Å². The van der Waals surface area contributed by atoms with Gasteiger partial charge in [0.15, 0.2) is 0 Å². The highest BCUT2D eigenvalue weighted by molar-refractivity contribution is 5.16. The molecule has 2 rings (SSSR count). The molecule has 0 saturated heterocycles. The zero-order valence-electron chi connectivity index (χ0n) is 9.17. The molecule has 1 fully saturated rings. The Morgan fingerprint density at radius 2 is 2.00 bits per heavy atom. The number of rotatable bonds is 5. The maximum atomic E-state index is 12.6. The second kappa shape index (κ2) is 4.75. The fraction of sp³-hybridized carbons (Fsp3) is 0.538. The molecule has 0 aromatic heterocycles. The predicted octanol–water partition coefficient (Wildman–Crippen LogP) is 2.76. The van der Waals surface area contributed by atoms with E-state index in [2.05, 4.69) is 12.2 Å². The van der Waals surface area contributed by atoms with Gasteiger partial charge in [-0.05, 0) is 56.3 Å². The van der Waals surface area contributed by atoms with Crippen LogP contribution in [0.1, 0.15) is 25.3 Å². The molecule has 1 aliphatic carbocycles. The summed E-state index contributed by atoms with van der Waals surface area (Å²) in [5, 5.41) is 3.51. The number of hydrogen-bond acceptors (Lipinski definition) is 1. The lowest BCUT2D eigenvalue weighted by Gasteiger charge is -2.12. The van der Waals surface area contributed by atoms with Crippen molar-refractivity contribution in [1.82, 2.24) is 5.32 Å². The fourth-order valence-electron chi connectivity index (χ4n) is 1.86. The summed E-state index contributed by atoms with van der Waals surface area (Å²) in [6.07, 6.45) is 3.74. The first-order valence-electron chi connectivity index (χ1n) is 5.73. The molecular weight excluding hydrogens is 189 g/mol. The Balaban J connectivity index is 1.70. The van der Waals surface area contributed by atoms with Gasteiger partial charge in [0.2, 0.25) is 0 Å². The molecule has 1 nitrogen and oxygen atoms in total. The summed E-state index contributed by atoms with van der Waals surface area (Å²) in [7, 11) is 0. The van der Waals surface area contributed by atoms with Gasteiger partial charge < -0.3 is 5.32 Å². The van der Waals surface area contributed by atoms with Crippen LogP contribution in [0.2, 0.25) is 0 Å². The lowest BCUT2D eigenvalue weighted by Crippen LogP contribution is -2.29. The molecule has 1 saturated carbocycles. The lowest BCUT2D eigenvalue weighted by atomic mass is 10.1. The van der Waals surface area contributed by atoms with Crippen LogP contribution in [0.3, 0.4) is 0 Å². The first-order chi connectivity index (χ1) is 7.25. The highest BCUT2D eigenvalue weighted by Gasteiger charge is 2.27. The number of nitrogens with one attached hydrogen (secondary N) is 1. The second-order valence-electron chi connectivity index (χ2n) is 4.46. The summed E-state index contributed by atoms with van der Waals surface area (Å²) in [6.45, 7) is 3.24. The van der Waals surface area contributed by atoms with Crippen molar-refractivity contribution in [3.63, 3.8) is 0 Å². The summed E-state index contributed by atoms with van der Waals surface area (Å²) in [5.74, 6) is 0.747. The zero-order chi connectivity index (χ0) is 10.7. The van der Waals surface area contributed by atoms with Crippen LogP contribution in [-0.4, -0.2) is 12.6 Å². The first-order valence-corrected chi connectivity index (χ1v) is 5.73. The summed E-state index contributed by atoms with van der Waals surface area (Å²) in [6, 6.07) is 7.42. The van der Waals surface area contributed by atoms with Crippen LogP contribution in [0.5, 0.6) is 0 Å². The normalized spacial score (nSPS) is 17.7. The Morgan fingerprint density at radius 1 is 1.33 bits per heavy atom. The summed E-state index contributed by atoms with van der Waals surface area (Å²) in [4.78, 5) is 0. The fourth-order valence-corrected chi connectivity index (χ4v) is 1.86.